The second-order valence-electron chi connectivity index (χ2n) is 3.17. The maximum Gasteiger partial charge on any atom is 0.237 e. The summed E-state index contributed by atoms with van der Waals surface area (Å²) in [6.07, 6.45) is 1.84. The third kappa shape index (κ3) is 3.12. The highest BCUT2D eigenvalue weighted by Gasteiger charge is 2.17. The van der Waals surface area contributed by atoms with Crippen molar-refractivity contribution < 1.29 is 19.0 Å². The first-order chi connectivity index (χ1) is 8.28. The molecule has 0 saturated carbocycles. The van der Waals surface area contributed by atoms with E-state index < -0.39 is 0 Å². The Kier molecular flexibility index (Phi) is 5.33. The Hall–Kier alpha value is -1.71. The van der Waals surface area contributed by atoms with Crippen LogP contribution in [0.4, 0.5) is 0 Å². The quantitative estimate of drug-likeness (QED) is 0.730. The summed E-state index contributed by atoms with van der Waals surface area (Å²) in [5.74, 6) is 1.45. The third-order valence-electron chi connectivity index (χ3n) is 2.06. The monoisotopic (exact) mass is 237 g/mol. The summed E-state index contributed by atoms with van der Waals surface area (Å²) in [5.41, 5.74) is 0.346. The van der Waals surface area contributed by atoms with Crippen molar-refractivity contribution >= 4 is 6.29 Å². The fraction of sp³-hybridized carbons (Fsp3) is 0.462. The molecule has 0 aliphatic rings. The van der Waals surface area contributed by atoms with Gasteiger partial charge < -0.3 is 14.2 Å². The molecule has 0 N–H and O–H groups in total. The first-order valence-electron chi connectivity index (χ1n) is 5.71. The number of ether oxygens (including phenoxy) is 3. The van der Waals surface area contributed by atoms with Crippen molar-refractivity contribution in [3.63, 3.8) is 0 Å². The van der Waals surface area contributed by atoms with Gasteiger partial charge in [0.1, 0.15) is 0 Å². The largest absolute Gasteiger partial charge is 0.490 e. The molecule has 0 aliphatic heterocycles. The number of benzene rings is 1. The van der Waals surface area contributed by atoms with Gasteiger partial charge in [0.25, 0.3) is 0 Å². The van der Waals surface area contributed by atoms with Crippen LogP contribution in [-0.2, 0) is 4.79 Å². The zero-order chi connectivity index (χ0) is 12.7. The van der Waals surface area contributed by atoms with Gasteiger partial charge in [-0.05, 0) is 32.9 Å². The van der Waals surface area contributed by atoms with Crippen LogP contribution in [0, 0.1) is 0 Å². The Morgan fingerprint density at radius 3 is 2.06 bits per heavy atom. The van der Waals surface area contributed by atoms with E-state index in [1.807, 2.05) is 27.1 Å². The van der Waals surface area contributed by atoms with E-state index in [1.165, 1.54) is 0 Å². The van der Waals surface area contributed by atoms with Gasteiger partial charge in [-0.15, -0.1) is 0 Å². The molecule has 0 unspecified atom stereocenters. The molecule has 0 fully saturated rings. The smallest absolute Gasteiger partial charge is 0.237 e. The summed E-state index contributed by atoms with van der Waals surface area (Å²) in [6, 6.07) is 3.31. The van der Waals surface area contributed by atoms with Crippen LogP contribution >= 0.6 is 0 Å². The molecule has 1 aromatic carbocycles. The van der Waals surface area contributed by atoms with Crippen LogP contribution in [0.5, 0.6) is 17.2 Å². The van der Waals surface area contributed by atoms with E-state index in [9.17, 15) is 4.79 Å². The van der Waals surface area contributed by atoms with Crippen LogP contribution in [0.15, 0.2) is 12.1 Å². The van der Waals surface area contributed by atoms with E-state index in [4.69, 9.17) is 14.2 Å². The lowest BCUT2D eigenvalue weighted by atomic mass is 10.2. The van der Waals surface area contributed by atoms with Crippen molar-refractivity contribution in [1.29, 1.82) is 0 Å². The fourth-order valence-corrected chi connectivity index (χ4v) is 1.46. The summed E-state index contributed by atoms with van der Waals surface area (Å²) in [7, 11) is 0. The lowest BCUT2D eigenvalue weighted by Gasteiger charge is -2.16. The van der Waals surface area contributed by atoms with Gasteiger partial charge in [-0.25, -0.2) is 0 Å². The minimum absolute atomic E-state index is 0.346. The Morgan fingerprint density at radius 1 is 0.941 bits per heavy atom. The highest BCUT2D eigenvalue weighted by atomic mass is 16.5. The SMILES string of the molecule is CCOc1ccc([C]=O)c(OCC)c1OCC. The van der Waals surface area contributed by atoms with Gasteiger partial charge in [-0.2, -0.15) is 0 Å². The number of hydrogen-bond acceptors (Lipinski definition) is 4. The summed E-state index contributed by atoms with van der Waals surface area (Å²) in [5, 5.41) is 0. The van der Waals surface area contributed by atoms with Crippen LogP contribution < -0.4 is 14.2 Å². The molecule has 0 aromatic heterocycles. The van der Waals surface area contributed by atoms with E-state index in [-0.39, 0.29) is 0 Å². The minimum atomic E-state index is 0.346. The molecule has 4 nitrogen and oxygen atoms in total. The molecule has 0 saturated heterocycles. The lowest BCUT2D eigenvalue weighted by molar-refractivity contribution is 0.260. The van der Waals surface area contributed by atoms with Gasteiger partial charge in [-0.1, -0.05) is 0 Å². The Balaban J connectivity index is 3.24. The van der Waals surface area contributed by atoms with Crippen LogP contribution in [0.3, 0.4) is 0 Å². The van der Waals surface area contributed by atoms with E-state index in [0.29, 0.717) is 42.6 Å². The van der Waals surface area contributed by atoms with Crippen molar-refractivity contribution in [2.24, 2.45) is 0 Å². The fourth-order valence-electron chi connectivity index (χ4n) is 1.46. The normalized spacial score (nSPS) is 9.82. The molecular formula is C13H17O4. The van der Waals surface area contributed by atoms with Crippen molar-refractivity contribution in [2.45, 2.75) is 20.8 Å². The van der Waals surface area contributed by atoms with Gasteiger partial charge in [-0.3, -0.25) is 4.79 Å². The van der Waals surface area contributed by atoms with Crippen molar-refractivity contribution in [2.75, 3.05) is 19.8 Å². The Morgan fingerprint density at radius 2 is 1.53 bits per heavy atom. The van der Waals surface area contributed by atoms with Gasteiger partial charge in [0.2, 0.25) is 12.0 Å². The van der Waals surface area contributed by atoms with Crippen molar-refractivity contribution in [3.8, 4) is 17.2 Å². The summed E-state index contributed by atoms with van der Waals surface area (Å²) in [4.78, 5) is 10.8. The van der Waals surface area contributed by atoms with Gasteiger partial charge >= 0.3 is 0 Å². The van der Waals surface area contributed by atoms with Gasteiger partial charge in [0, 0.05) is 0 Å². The second-order valence-corrected chi connectivity index (χ2v) is 3.17. The first-order valence-corrected chi connectivity index (χ1v) is 5.71. The highest BCUT2D eigenvalue weighted by Crippen LogP contribution is 2.39. The van der Waals surface area contributed by atoms with Crippen LogP contribution in [0.2, 0.25) is 0 Å². The van der Waals surface area contributed by atoms with Crippen LogP contribution in [0.25, 0.3) is 0 Å². The molecule has 1 radical (unpaired) electrons. The standard InChI is InChI=1S/C13H17O4/c1-4-15-11-8-7-10(9-14)12(16-5-2)13(11)17-6-3/h7-8H,4-6H2,1-3H3. The molecule has 1 rings (SSSR count). The van der Waals surface area contributed by atoms with Crippen LogP contribution in [-0.4, -0.2) is 26.1 Å². The van der Waals surface area contributed by atoms with Crippen molar-refractivity contribution in [3.05, 3.63) is 17.7 Å². The average Bonchev–Trinajstić information content (AvgIpc) is 2.34. The summed E-state index contributed by atoms with van der Waals surface area (Å²) < 4.78 is 16.4. The number of hydrogen-bond donors (Lipinski definition) is 0. The zero-order valence-electron chi connectivity index (χ0n) is 10.4. The molecule has 0 aliphatic carbocycles. The van der Waals surface area contributed by atoms with Crippen molar-refractivity contribution in [1.82, 2.24) is 0 Å². The molecular weight excluding hydrogens is 220 g/mol. The van der Waals surface area contributed by atoms with Gasteiger partial charge in [0.15, 0.2) is 11.5 Å². The van der Waals surface area contributed by atoms with E-state index in [0.717, 1.165) is 0 Å². The minimum Gasteiger partial charge on any atom is -0.490 e. The molecule has 0 spiro atoms. The molecule has 1 aromatic rings. The summed E-state index contributed by atoms with van der Waals surface area (Å²) in [6.45, 7) is 7.04. The predicted octanol–water partition coefficient (Wildman–Crippen LogP) is 2.34. The molecule has 0 heterocycles. The Labute approximate surface area is 101 Å². The molecule has 0 amide bonds. The predicted molar refractivity (Wildman–Crippen MR) is 64.7 cm³/mol. The summed E-state index contributed by atoms with van der Waals surface area (Å²) >= 11 is 0. The molecule has 93 valence electrons. The zero-order valence-corrected chi connectivity index (χ0v) is 10.4. The number of carbonyl (C=O) groups excluding carboxylic acids is 1. The topological polar surface area (TPSA) is 44.8 Å². The molecule has 17 heavy (non-hydrogen) atoms. The third-order valence-corrected chi connectivity index (χ3v) is 2.06. The van der Waals surface area contributed by atoms with E-state index in [2.05, 4.69) is 0 Å². The number of rotatable bonds is 7. The first kappa shape index (κ1) is 13.4. The molecule has 4 heteroatoms. The lowest BCUT2D eigenvalue weighted by Crippen LogP contribution is -2.04. The van der Waals surface area contributed by atoms with E-state index in [1.54, 1.807) is 12.1 Å². The van der Waals surface area contributed by atoms with Gasteiger partial charge in [0.05, 0.1) is 25.4 Å². The average molecular weight is 237 g/mol. The Bertz CT molecular complexity index is 374. The van der Waals surface area contributed by atoms with E-state index >= 15 is 0 Å². The maximum absolute atomic E-state index is 10.8. The molecule has 0 atom stereocenters. The highest BCUT2D eigenvalue weighted by molar-refractivity contribution is 5.82. The second kappa shape index (κ2) is 6.78. The maximum atomic E-state index is 10.8. The van der Waals surface area contributed by atoms with Crippen LogP contribution in [0.1, 0.15) is 26.3 Å². The molecule has 0 bridgehead atoms.